The van der Waals surface area contributed by atoms with Crippen LogP contribution in [0.5, 0.6) is 5.75 Å². The summed E-state index contributed by atoms with van der Waals surface area (Å²) in [6, 6.07) is 17.5. The molecule has 0 aliphatic rings. The third-order valence-corrected chi connectivity index (χ3v) is 7.08. The molecule has 2 amide bonds. The van der Waals surface area contributed by atoms with Crippen LogP contribution in [0.15, 0.2) is 60.7 Å². The Labute approximate surface area is 259 Å². The predicted octanol–water partition coefficient (Wildman–Crippen LogP) is 3.41. The number of carbonyl (C=O) groups is 2. The molecule has 0 spiro atoms. The van der Waals surface area contributed by atoms with Crippen LogP contribution in [0.1, 0.15) is 35.1 Å². The van der Waals surface area contributed by atoms with Crippen LogP contribution in [0.3, 0.4) is 0 Å². The molecular weight excluding hydrogens is 582 g/mol. The molecule has 0 unspecified atom stereocenters. The van der Waals surface area contributed by atoms with Gasteiger partial charge in [0.25, 0.3) is 0 Å². The number of carbonyl (C=O) groups excluding carboxylic acids is 2. The number of thiol groups is 1. The average molecular weight is 618 g/mol. The summed E-state index contributed by atoms with van der Waals surface area (Å²) in [6.45, 7) is 1.36. The van der Waals surface area contributed by atoms with E-state index in [0.717, 1.165) is 27.7 Å². The first-order valence-electron chi connectivity index (χ1n) is 13.8. The number of nitrogens with one attached hydrogen (secondary N) is 5. The van der Waals surface area contributed by atoms with Crippen LogP contribution >= 0.6 is 12.9 Å². The highest BCUT2D eigenvalue weighted by atomic mass is 32.1. The van der Waals surface area contributed by atoms with Gasteiger partial charge in [0.1, 0.15) is 17.4 Å². The minimum absolute atomic E-state index is 0.0138. The molecule has 230 valence electrons. The molecule has 44 heavy (non-hydrogen) atoms. The van der Waals surface area contributed by atoms with E-state index >= 15 is 0 Å². The number of rotatable bonds is 15. The zero-order chi connectivity index (χ0) is 31.6. The van der Waals surface area contributed by atoms with Crippen molar-refractivity contribution in [2.24, 2.45) is 11.5 Å². The van der Waals surface area contributed by atoms with E-state index in [1.807, 2.05) is 18.2 Å². The van der Waals surface area contributed by atoms with Crippen molar-refractivity contribution in [2.75, 3.05) is 31.7 Å². The largest absolute Gasteiger partial charge is 0.508 e. The van der Waals surface area contributed by atoms with E-state index in [9.17, 15) is 14.7 Å². The number of benzene rings is 3. The summed E-state index contributed by atoms with van der Waals surface area (Å²) in [5.41, 5.74) is 16.8. The highest BCUT2D eigenvalue weighted by molar-refractivity contribution is 7.75. The van der Waals surface area contributed by atoms with Crippen molar-refractivity contribution in [2.45, 2.75) is 19.3 Å². The quantitative estimate of drug-likeness (QED) is 0.0242. The van der Waals surface area contributed by atoms with Gasteiger partial charge in [0.2, 0.25) is 11.8 Å². The summed E-state index contributed by atoms with van der Waals surface area (Å²) in [6.07, 6.45) is 0.307. The second-order valence-corrected chi connectivity index (χ2v) is 10.3. The van der Waals surface area contributed by atoms with E-state index in [4.69, 9.17) is 27.0 Å². The Morgan fingerprint density at radius 1 is 0.886 bits per heavy atom. The van der Waals surface area contributed by atoms with Gasteiger partial charge >= 0.3 is 0 Å². The number of amidine groups is 2. The van der Waals surface area contributed by atoms with Crippen LogP contribution in [0.2, 0.25) is 0 Å². The Kier molecular flexibility index (Phi) is 11.0. The van der Waals surface area contributed by atoms with Crippen molar-refractivity contribution in [1.82, 2.24) is 10.3 Å². The first-order chi connectivity index (χ1) is 21.2. The number of fused-ring (bicyclic) bond motifs is 1. The third-order valence-electron chi connectivity index (χ3n) is 6.90. The zero-order valence-corrected chi connectivity index (χ0v) is 24.8. The SMILES string of the molecule is N=C(N)c1ccc(-c2[nH]c3cc(C(=N)N)ccc3c2Cc2cc(NC(=O)CCC(=O)NCCOCCOS)ccc2O)cc1. The number of hydrogen-bond acceptors (Lipinski definition) is 8. The third kappa shape index (κ3) is 8.37. The molecule has 13 heteroatoms. The molecule has 10 N–H and O–H groups in total. The summed E-state index contributed by atoms with van der Waals surface area (Å²) in [5, 5.41) is 32.7. The maximum absolute atomic E-state index is 12.6. The van der Waals surface area contributed by atoms with Crippen molar-refractivity contribution in [3.8, 4) is 17.0 Å². The predicted molar refractivity (Wildman–Crippen MR) is 173 cm³/mol. The molecule has 3 aromatic carbocycles. The van der Waals surface area contributed by atoms with Crippen LogP contribution in [0.25, 0.3) is 22.2 Å². The number of aromatic nitrogens is 1. The second-order valence-electron chi connectivity index (χ2n) is 10.0. The van der Waals surface area contributed by atoms with Gasteiger partial charge in [-0.3, -0.25) is 20.4 Å². The average Bonchev–Trinajstić information content (AvgIpc) is 3.37. The lowest BCUT2D eigenvalue weighted by Crippen LogP contribution is -2.28. The maximum atomic E-state index is 12.6. The standard InChI is InChI=1S/C31H35N7O5S/c32-30(33)19-3-1-18(2-4-19)29-24(23-7-5-20(31(34)35)17-25(23)38-29)16-21-15-22(6-8-26(21)39)37-28(41)10-9-27(40)36-11-12-42-13-14-43-44/h1-8,15,17,38-39,44H,9-14,16H2,(H3,32,33)(H3,34,35)(H,36,40)(H,37,41). The fraction of sp³-hybridized carbons (Fsp3) is 0.226. The fourth-order valence-corrected chi connectivity index (χ4v) is 4.74. The summed E-state index contributed by atoms with van der Waals surface area (Å²) in [5.74, 6) is -0.646. The van der Waals surface area contributed by atoms with Crippen LogP contribution in [-0.4, -0.2) is 59.9 Å². The number of nitrogen functional groups attached to an aromatic ring is 2. The molecule has 1 heterocycles. The number of anilines is 1. The summed E-state index contributed by atoms with van der Waals surface area (Å²) in [4.78, 5) is 28.1. The van der Waals surface area contributed by atoms with E-state index in [1.165, 1.54) is 6.07 Å². The van der Waals surface area contributed by atoms with Gasteiger partial charge in [-0.25, -0.2) is 0 Å². The van der Waals surface area contributed by atoms with Crippen molar-refractivity contribution in [3.05, 3.63) is 82.9 Å². The number of H-pyrrole nitrogens is 1. The summed E-state index contributed by atoms with van der Waals surface area (Å²) in [7, 11) is 0. The van der Waals surface area contributed by atoms with Crippen LogP contribution in [-0.2, 0) is 24.9 Å². The monoisotopic (exact) mass is 617 g/mol. The molecule has 1 aromatic heterocycles. The van der Waals surface area contributed by atoms with Crippen LogP contribution < -0.4 is 22.1 Å². The molecule has 0 aliphatic heterocycles. The first-order valence-corrected chi connectivity index (χ1v) is 14.2. The fourth-order valence-electron chi connectivity index (χ4n) is 4.66. The lowest BCUT2D eigenvalue weighted by atomic mass is 9.96. The van der Waals surface area contributed by atoms with E-state index in [-0.39, 0.29) is 42.1 Å². The molecule has 4 rings (SSSR count). The molecule has 12 nitrogen and oxygen atoms in total. The molecule has 0 atom stereocenters. The second kappa shape index (κ2) is 15.0. The van der Waals surface area contributed by atoms with Crippen LogP contribution in [0.4, 0.5) is 5.69 Å². The van der Waals surface area contributed by atoms with Gasteiger partial charge in [0.15, 0.2) is 0 Å². The highest BCUT2D eigenvalue weighted by Gasteiger charge is 2.17. The molecule has 0 saturated heterocycles. The number of phenolic OH excluding ortho intramolecular Hbond substituents is 1. The number of ether oxygens (including phenoxy) is 1. The summed E-state index contributed by atoms with van der Waals surface area (Å²) >= 11 is 3.62. The van der Waals surface area contributed by atoms with Gasteiger partial charge in [0, 0.05) is 59.1 Å². The van der Waals surface area contributed by atoms with Crippen molar-refractivity contribution < 1.29 is 23.6 Å². The van der Waals surface area contributed by atoms with E-state index < -0.39 is 0 Å². The zero-order valence-electron chi connectivity index (χ0n) is 23.9. The smallest absolute Gasteiger partial charge is 0.224 e. The van der Waals surface area contributed by atoms with Gasteiger partial charge in [0.05, 0.1) is 25.5 Å². The molecule has 0 radical (unpaired) electrons. The van der Waals surface area contributed by atoms with E-state index in [2.05, 4.69) is 32.7 Å². The minimum Gasteiger partial charge on any atom is -0.508 e. The first kappa shape index (κ1) is 32.1. The minimum atomic E-state index is -0.339. The van der Waals surface area contributed by atoms with Crippen molar-refractivity contribution in [1.29, 1.82) is 10.8 Å². The Morgan fingerprint density at radius 2 is 1.59 bits per heavy atom. The Morgan fingerprint density at radius 3 is 2.30 bits per heavy atom. The number of aromatic amines is 1. The van der Waals surface area contributed by atoms with Gasteiger partial charge in [-0.1, -0.05) is 36.4 Å². The Bertz CT molecular complexity index is 1670. The van der Waals surface area contributed by atoms with Crippen molar-refractivity contribution >= 4 is 53.0 Å². The molecular formula is C31H35N7O5S. The lowest BCUT2D eigenvalue weighted by Gasteiger charge is -2.11. The van der Waals surface area contributed by atoms with Gasteiger partial charge < -0.3 is 41.1 Å². The van der Waals surface area contributed by atoms with Crippen molar-refractivity contribution in [3.63, 3.8) is 0 Å². The van der Waals surface area contributed by atoms with Gasteiger partial charge in [-0.15, -0.1) is 0 Å². The van der Waals surface area contributed by atoms with E-state index in [0.29, 0.717) is 55.2 Å². The Balaban J connectivity index is 1.50. The number of aromatic hydroxyl groups is 1. The molecule has 0 bridgehead atoms. The van der Waals surface area contributed by atoms with Crippen LogP contribution in [0, 0.1) is 10.8 Å². The summed E-state index contributed by atoms with van der Waals surface area (Å²) < 4.78 is 9.84. The number of nitrogens with two attached hydrogens (primary N) is 2. The highest BCUT2D eigenvalue weighted by Crippen LogP contribution is 2.35. The van der Waals surface area contributed by atoms with E-state index in [1.54, 1.807) is 36.4 Å². The van der Waals surface area contributed by atoms with Gasteiger partial charge in [-0.05, 0) is 48.3 Å². The number of phenols is 1. The lowest BCUT2D eigenvalue weighted by molar-refractivity contribution is -0.124. The molecule has 0 fully saturated rings. The molecule has 0 aliphatic carbocycles. The topological polar surface area (TPSA) is 212 Å². The maximum Gasteiger partial charge on any atom is 0.224 e. The Hall–Kier alpha value is -4.85. The normalized spacial score (nSPS) is 10.9. The number of hydrogen-bond donors (Lipinski definition) is 9. The molecule has 0 saturated carbocycles. The number of amides is 2. The molecule has 4 aromatic rings. The van der Waals surface area contributed by atoms with Gasteiger partial charge in [-0.2, -0.15) is 0 Å².